The summed E-state index contributed by atoms with van der Waals surface area (Å²) in [6.07, 6.45) is 1.43. The van der Waals surface area contributed by atoms with E-state index in [4.69, 9.17) is 5.84 Å². The van der Waals surface area contributed by atoms with Crippen molar-refractivity contribution in [3.05, 3.63) is 12.4 Å². The molecule has 4 N–H and O–H groups in total. The summed E-state index contributed by atoms with van der Waals surface area (Å²) in [6, 6.07) is 1.71. The van der Waals surface area contributed by atoms with Crippen LogP contribution in [0.15, 0.2) is 12.4 Å². The Bertz CT molecular complexity index is 192. The number of nitrogens with two attached hydrogens (primary N) is 1. The largest absolute Gasteiger partial charge is 0.373 e. The van der Waals surface area contributed by atoms with Crippen molar-refractivity contribution < 1.29 is 0 Å². The maximum absolute atomic E-state index is 5.11. The van der Waals surface area contributed by atoms with Gasteiger partial charge < -0.3 is 10.7 Å². The van der Waals surface area contributed by atoms with Crippen molar-refractivity contribution in [2.24, 2.45) is 5.84 Å². The van der Waals surface area contributed by atoms with Crippen molar-refractivity contribution in [3.63, 3.8) is 0 Å². The van der Waals surface area contributed by atoms with Crippen LogP contribution in [-0.4, -0.2) is 17.0 Å². The molecule has 1 rings (SSSR count). The van der Waals surface area contributed by atoms with Crippen LogP contribution in [0.1, 0.15) is 0 Å². The zero-order valence-corrected chi connectivity index (χ0v) is 5.63. The van der Waals surface area contributed by atoms with Crippen LogP contribution < -0.4 is 16.6 Å². The highest BCUT2D eigenvalue weighted by Crippen LogP contribution is 2.04. The third-order valence-corrected chi connectivity index (χ3v) is 1.07. The molecule has 0 fully saturated rings. The second-order valence-electron chi connectivity index (χ2n) is 1.68. The second-order valence-corrected chi connectivity index (χ2v) is 1.68. The third-order valence-electron chi connectivity index (χ3n) is 1.07. The summed E-state index contributed by atoms with van der Waals surface area (Å²) in [6.45, 7) is 0. The van der Waals surface area contributed by atoms with E-state index in [0.717, 1.165) is 5.82 Å². The van der Waals surface area contributed by atoms with Gasteiger partial charge in [-0.25, -0.2) is 15.8 Å². The van der Waals surface area contributed by atoms with Crippen molar-refractivity contribution in [1.82, 2.24) is 9.97 Å². The molecule has 10 heavy (non-hydrogen) atoms. The second kappa shape index (κ2) is 2.98. The zero-order valence-electron chi connectivity index (χ0n) is 5.63. The topological polar surface area (TPSA) is 75.9 Å². The number of hydrogen-bond acceptors (Lipinski definition) is 5. The Balaban J connectivity index is 2.87. The van der Waals surface area contributed by atoms with Crippen molar-refractivity contribution in [2.45, 2.75) is 0 Å². The molecular weight excluding hydrogens is 130 g/mol. The lowest BCUT2D eigenvalue weighted by molar-refractivity contribution is 1.13. The highest BCUT2D eigenvalue weighted by molar-refractivity contribution is 5.44. The molecule has 1 heterocycles. The summed E-state index contributed by atoms with van der Waals surface area (Å²) in [4.78, 5) is 7.71. The Morgan fingerprint density at radius 1 is 1.40 bits per heavy atom. The molecule has 0 amide bonds. The van der Waals surface area contributed by atoms with Gasteiger partial charge in [-0.2, -0.15) is 0 Å². The molecule has 0 aliphatic heterocycles. The number of rotatable bonds is 2. The Hall–Kier alpha value is -1.36. The molecular formula is C5H9N5. The SMILES string of the molecule is CNc1cc(NN)ncn1. The molecule has 0 atom stereocenters. The Morgan fingerprint density at radius 2 is 2.10 bits per heavy atom. The molecule has 1 aromatic heterocycles. The summed E-state index contributed by atoms with van der Waals surface area (Å²) < 4.78 is 0. The van der Waals surface area contributed by atoms with Gasteiger partial charge in [-0.3, -0.25) is 0 Å². The molecule has 0 saturated carbocycles. The highest BCUT2D eigenvalue weighted by atomic mass is 15.3. The number of nitrogens with one attached hydrogen (secondary N) is 2. The molecule has 0 aliphatic rings. The fourth-order valence-electron chi connectivity index (χ4n) is 0.573. The van der Waals surface area contributed by atoms with Gasteiger partial charge in [-0.05, 0) is 0 Å². The van der Waals surface area contributed by atoms with Gasteiger partial charge in [0.15, 0.2) is 0 Å². The fraction of sp³-hybridized carbons (Fsp3) is 0.200. The number of hydrazine groups is 1. The predicted octanol–water partition coefficient (Wildman–Crippen LogP) is -0.196. The third kappa shape index (κ3) is 1.32. The first-order valence-corrected chi connectivity index (χ1v) is 2.83. The van der Waals surface area contributed by atoms with E-state index in [-0.39, 0.29) is 0 Å². The van der Waals surface area contributed by atoms with Gasteiger partial charge in [0.05, 0.1) is 0 Å². The van der Waals surface area contributed by atoms with E-state index < -0.39 is 0 Å². The Morgan fingerprint density at radius 3 is 2.70 bits per heavy atom. The van der Waals surface area contributed by atoms with Crippen molar-refractivity contribution in [2.75, 3.05) is 17.8 Å². The predicted molar refractivity (Wildman–Crippen MR) is 39.4 cm³/mol. The van der Waals surface area contributed by atoms with E-state index >= 15 is 0 Å². The van der Waals surface area contributed by atoms with Crippen LogP contribution in [0.25, 0.3) is 0 Å². The molecule has 5 heteroatoms. The summed E-state index contributed by atoms with van der Waals surface area (Å²) >= 11 is 0. The number of hydrogen-bond donors (Lipinski definition) is 3. The molecule has 5 nitrogen and oxygen atoms in total. The van der Waals surface area contributed by atoms with Crippen LogP contribution in [0.3, 0.4) is 0 Å². The molecule has 54 valence electrons. The molecule has 0 unspecified atom stereocenters. The van der Waals surface area contributed by atoms with Gasteiger partial charge in [0, 0.05) is 13.1 Å². The molecule has 0 bridgehead atoms. The van der Waals surface area contributed by atoms with E-state index in [9.17, 15) is 0 Å². The van der Waals surface area contributed by atoms with Gasteiger partial charge in [-0.15, -0.1) is 0 Å². The van der Waals surface area contributed by atoms with Crippen molar-refractivity contribution in [3.8, 4) is 0 Å². The number of nitrogens with zero attached hydrogens (tertiary/aromatic N) is 2. The lowest BCUT2D eigenvalue weighted by atomic mass is 10.5. The number of nitrogen functional groups attached to an aromatic ring is 1. The summed E-state index contributed by atoms with van der Waals surface area (Å²) in [7, 11) is 1.78. The average molecular weight is 139 g/mol. The first-order chi connectivity index (χ1) is 4.86. The molecule has 0 aliphatic carbocycles. The van der Waals surface area contributed by atoms with Crippen molar-refractivity contribution in [1.29, 1.82) is 0 Å². The zero-order chi connectivity index (χ0) is 7.40. The first-order valence-electron chi connectivity index (χ1n) is 2.83. The number of anilines is 2. The average Bonchev–Trinajstić information content (AvgIpc) is 2.05. The van der Waals surface area contributed by atoms with Gasteiger partial charge >= 0.3 is 0 Å². The fourth-order valence-corrected chi connectivity index (χ4v) is 0.573. The highest BCUT2D eigenvalue weighted by Gasteiger charge is 1.91. The minimum atomic E-state index is 0.597. The van der Waals surface area contributed by atoms with E-state index in [1.165, 1.54) is 6.33 Å². The van der Waals surface area contributed by atoms with E-state index in [1.807, 2.05) is 0 Å². The summed E-state index contributed by atoms with van der Waals surface area (Å²) in [5, 5.41) is 2.86. The normalized spacial score (nSPS) is 9.00. The standard InChI is InChI=1S/C5H9N5/c1-7-4-2-5(10-6)9-3-8-4/h2-3H,6H2,1H3,(H2,7,8,9,10). The van der Waals surface area contributed by atoms with Crippen LogP contribution in [0.4, 0.5) is 11.6 Å². The number of aromatic nitrogens is 2. The smallest absolute Gasteiger partial charge is 0.145 e. The lowest BCUT2D eigenvalue weighted by Gasteiger charge is -2.00. The monoisotopic (exact) mass is 139 g/mol. The minimum Gasteiger partial charge on any atom is -0.373 e. The van der Waals surface area contributed by atoms with Crippen LogP contribution in [0.5, 0.6) is 0 Å². The van der Waals surface area contributed by atoms with E-state index in [1.54, 1.807) is 13.1 Å². The quantitative estimate of drug-likeness (QED) is 0.391. The van der Waals surface area contributed by atoms with Gasteiger partial charge in [0.25, 0.3) is 0 Å². The minimum absolute atomic E-state index is 0.597. The van der Waals surface area contributed by atoms with E-state index in [0.29, 0.717) is 5.82 Å². The van der Waals surface area contributed by atoms with Crippen LogP contribution >= 0.6 is 0 Å². The van der Waals surface area contributed by atoms with Crippen molar-refractivity contribution >= 4 is 11.6 Å². The first kappa shape index (κ1) is 6.76. The maximum Gasteiger partial charge on any atom is 0.145 e. The molecule has 0 aromatic carbocycles. The Labute approximate surface area is 58.6 Å². The summed E-state index contributed by atoms with van der Waals surface area (Å²) in [5.41, 5.74) is 2.41. The van der Waals surface area contributed by atoms with Crippen LogP contribution in [0.2, 0.25) is 0 Å². The molecule has 0 saturated heterocycles. The van der Waals surface area contributed by atoms with E-state index in [2.05, 4.69) is 20.7 Å². The van der Waals surface area contributed by atoms with Crippen LogP contribution in [-0.2, 0) is 0 Å². The van der Waals surface area contributed by atoms with Crippen LogP contribution in [0, 0.1) is 0 Å². The Kier molecular flexibility index (Phi) is 2.01. The van der Waals surface area contributed by atoms with Gasteiger partial charge in [0.2, 0.25) is 0 Å². The van der Waals surface area contributed by atoms with Gasteiger partial charge in [0.1, 0.15) is 18.0 Å². The maximum atomic E-state index is 5.11. The lowest BCUT2D eigenvalue weighted by Crippen LogP contribution is -2.09. The summed E-state index contributed by atoms with van der Waals surface area (Å²) in [5.74, 6) is 6.44. The molecule has 0 radical (unpaired) electrons. The molecule has 0 spiro atoms. The molecule has 1 aromatic rings. The van der Waals surface area contributed by atoms with Gasteiger partial charge in [-0.1, -0.05) is 0 Å².